The number of rotatable bonds is 4. The Balaban J connectivity index is 0.00000220. The van der Waals surface area contributed by atoms with E-state index in [-0.39, 0.29) is 29.8 Å². The maximum atomic E-state index is 13.5. The summed E-state index contributed by atoms with van der Waals surface area (Å²) in [6, 6.07) is 14.4. The molecule has 2 rings (SSSR count). The van der Waals surface area contributed by atoms with Gasteiger partial charge in [0.15, 0.2) is 5.96 Å². The van der Waals surface area contributed by atoms with Crippen LogP contribution in [-0.2, 0) is 6.42 Å². The molecular weight excluding hydrogens is 448 g/mol. The summed E-state index contributed by atoms with van der Waals surface area (Å²) in [5.41, 5.74) is 7.27. The summed E-state index contributed by atoms with van der Waals surface area (Å²) in [6.07, 6.45) is 0.502. The number of anilines is 1. The van der Waals surface area contributed by atoms with Gasteiger partial charge in [-0.1, -0.05) is 34.1 Å². The van der Waals surface area contributed by atoms with E-state index in [1.807, 2.05) is 30.3 Å². The zero-order valence-corrected chi connectivity index (χ0v) is 15.1. The van der Waals surface area contributed by atoms with Gasteiger partial charge < -0.3 is 11.1 Å². The minimum atomic E-state index is -0.224. The van der Waals surface area contributed by atoms with Gasteiger partial charge in [0.1, 0.15) is 5.82 Å². The van der Waals surface area contributed by atoms with E-state index in [2.05, 4.69) is 26.2 Å². The molecule has 0 bridgehead atoms. The Kier molecular flexibility index (Phi) is 7.66. The SMILES string of the molecule is I.NC(=NCCc1cc(Br)ccc1F)Nc1ccccc1. The Morgan fingerprint density at radius 1 is 1.19 bits per heavy atom. The second-order valence-electron chi connectivity index (χ2n) is 4.24. The molecule has 0 aliphatic heterocycles. The summed E-state index contributed by atoms with van der Waals surface area (Å²) in [5.74, 6) is 0.101. The molecule has 0 saturated heterocycles. The van der Waals surface area contributed by atoms with Gasteiger partial charge in [0.25, 0.3) is 0 Å². The van der Waals surface area contributed by atoms with Crippen molar-refractivity contribution < 1.29 is 4.39 Å². The van der Waals surface area contributed by atoms with E-state index >= 15 is 0 Å². The summed E-state index contributed by atoms with van der Waals surface area (Å²) < 4.78 is 14.4. The minimum Gasteiger partial charge on any atom is -0.370 e. The number of benzene rings is 2. The highest BCUT2D eigenvalue weighted by atomic mass is 127. The summed E-state index contributed by atoms with van der Waals surface area (Å²) >= 11 is 3.32. The second kappa shape index (κ2) is 8.99. The normalized spacial score (nSPS) is 10.9. The molecule has 0 aliphatic carbocycles. The number of nitrogens with one attached hydrogen (secondary N) is 1. The summed E-state index contributed by atoms with van der Waals surface area (Å²) in [5, 5.41) is 2.98. The molecule has 0 unspecified atom stereocenters. The van der Waals surface area contributed by atoms with Crippen molar-refractivity contribution in [2.45, 2.75) is 6.42 Å². The smallest absolute Gasteiger partial charge is 0.193 e. The second-order valence-corrected chi connectivity index (χ2v) is 5.16. The van der Waals surface area contributed by atoms with Crippen LogP contribution in [0.15, 0.2) is 58.0 Å². The van der Waals surface area contributed by atoms with Crippen molar-refractivity contribution >= 4 is 51.6 Å². The largest absolute Gasteiger partial charge is 0.370 e. The number of nitrogens with two attached hydrogens (primary N) is 1. The van der Waals surface area contributed by atoms with E-state index in [1.165, 1.54) is 6.07 Å². The van der Waals surface area contributed by atoms with Gasteiger partial charge in [-0.3, -0.25) is 4.99 Å². The Hall–Kier alpha value is -1.15. The van der Waals surface area contributed by atoms with E-state index in [4.69, 9.17) is 5.73 Å². The van der Waals surface area contributed by atoms with Gasteiger partial charge in [-0.05, 0) is 42.3 Å². The first kappa shape index (κ1) is 17.9. The number of aliphatic imine (C=N–C) groups is 1. The number of para-hydroxylation sites is 1. The van der Waals surface area contributed by atoms with Gasteiger partial charge in [0, 0.05) is 16.7 Å². The number of nitrogens with zero attached hydrogens (tertiary/aromatic N) is 1. The quantitative estimate of drug-likeness (QED) is 0.406. The number of hydrogen-bond donors (Lipinski definition) is 2. The standard InChI is InChI=1S/C15H15BrFN3.HI/c16-12-6-7-14(17)11(10-12)8-9-19-15(18)20-13-4-2-1-3-5-13;/h1-7,10H,8-9H2,(H3,18,19,20);1H. The third-order valence-electron chi connectivity index (χ3n) is 2.72. The zero-order valence-electron chi connectivity index (χ0n) is 11.2. The summed E-state index contributed by atoms with van der Waals surface area (Å²) in [7, 11) is 0. The van der Waals surface area contributed by atoms with Crippen LogP contribution in [0, 0.1) is 5.82 Å². The molecule has 0 saturated carbocycles. The van der Waals surface area contributed by atoms with Crippen LogP contribution in [-0.4, -0.2) is 12.5 Å². The van der Waals surface area contributed by atoms with Gasteiger partial charge in [-0.2, -0.15) is 0 Å². The van der Waals surface area contributed by atoms with Crippen LogP contribution < -0.4 is 11.1 Å². The van der Waals surface area contributed by atoms with E-state index < -0.39 is 0 Å². The van der Waals surface area contributed by atoms with Crippen molar-refractivity contribution in [3.63, 3.8) is 0 Å². The third kappa shape index (κ3) is 6.01. The average Bonchev–Trinajstić information content (AvgIpc) is 2.44. The lowest BCUT2D eigenvalue weighted by molar-refractivity contribution is 0.609. The van der Waals surface area contributed by atoms with E-state index in [0.29, 0.717) is 24.5 Å². The molecule has 3 N–H and O–H groups in total. The molecule has 0 amide bonds. The van der Waals surface area contributed by atoms with Gasteiger partial charge >= 0.3 is 0 Å². The number of hydrogen-bond acceptors (Lipinski definition) is 1. The molecule has 112 valence electrons. The first-order valence-corrected chi connectivity index (χ1v) is 7.00. The molecule has 2 aromatic carbocycles. The maximum Gasteiger partial charge on any atom is 0.193 e. The van der Waals surface area contributed by atoms with Crippen LogP contribution in [0.4, 0.5) is 10.1 Å². The maximum absolute atomic E-state index is 13.5. The Morgan fingerprint density at radius 2 is 1.90 bits per heavy atom. The lowest BCUT2D eigenvalue weighted by Gasteiger charge is -2.06. The van der Waals surface area contributed by atoms with Gasteiger partial charge in [0.05, 0.1) is 0 Å². The predicted octanol–water partition coefficient (Wildman–Crippen LogP) is 4.18. The van der Waals surface area contributed by atoms with Crippen molar-refractivity contribution in [2.75, 3.05) is 11.9 Å². The number of halogens is 3. The Labute approximate surface area is 149 Å². The highest BCUT2D eigenvalue weighted by Gasteiger charge is 2.02. The zero-order chi connectivity index (χ0) is 14.4. The van der Waals surface area contributed by atoms with E-state index in [0.717, 1.165) is 10.2 Å². The van der Waals surface area contributed by atoms with Gasteiger partial charge in [-0.25, -0.2) is 4.39 Å². The molecule has 0 atom stereocenters. The van der Waals surface area contributed by atoms with Crippen molar-refractivity contribution in [1.82, 2.24) is 0 Å². The van der Waals surface area contributed by atoms with E-state index in [1.54, 1.807) is 12.1 Å². The fraction of sp³-hybridized carbons (Fsp3) is 0.133. The summed E-state index contributed by atoms with van der Waals surface area (Å²) in [4.78, 5) is 4.19. The van der Waals surface area contributed by atoms with Crippen LogP contribution in [0.3, 0.4) is 0 Å². The molecule has 21 heavy (non-hydrogen) atoms. The molecule has 0 spiro atoms. The topological polar surface area (TPSA) is 50.4 Å². The van der Waals surface area contributed by atoms with Crippen LogP contribution in [0.5, 0.6) is 0 Å². The first-order chi connectivity index (χ1) is 9.65. The van der Waals surface area contributed by atoms with Crippen molar-refractivity contribution in [2.24, 2.45) is 10.7 Å². The fourth-order valence-electron chi connectivity index (χ4n) is 1.74. The summed E-state index contributed by atoms with van der Waals surface area (Å²) in [6.45, 7) is 0.430. The molecule has 3 nitrogen and oxygen atoms in total. The van der Waals surface area contributed by atoms with Crippen molar-refractivity contribution in [1.29, 1.82) is 0 Å². The fourth-order valence-corrected chi connectivity index (χ4v) is 2.15. The van der Waals surface area contributed by atoms with Crippen LogP contribution >= 0.6 is 39.9 Å². The van der Waals surface area contributed by atoms with Crippen molar-refractivity contribution in [3.05, 3.63) is 64.4 Å². The molecular formula is C15H16BrFIN3. The highest BCUT2D eigenvalue weighted by Crippen LogP contribution is 2.16. The molecule has 0 heterocycles. The molecule has 0 aromatic heterocycles. The first-order valence-electron chi connectivity index (χ1n) is 6.21. The Bertz CT molecular complexity index is 605. The Morgan fingerprint density at radius 3 is 2.62 bits per heavy atom. The third-order valence-corrected chi connectivity index (χ3v) is 3.21. The molecule has 0 radical (unpaired) electrons. The molecule has 0 fully saturated rings. The van der Waals surface area contributed by atoms with Crippen LogP contribution in [0.1, 0.15) is 5.56 Å². The van der Waals surface area contributed by atoms with E-state index in [9.17, 15) is 4.39 Å². The molecule has 2 aromatic rings. The predicted molar refractivity (Wildman–Crippen MR) is 99.8 cm³/mol. The number of guanidine groups is 1. The molecule has 6 heteroatoms. The lowest BCUT2D eigenvalue weighted by Crippen LogP contribution is -2.23. The minimum absolute atomic E-state index is 0. The average molecular weight is 464 g/mol. The van der Waals surface area contributed by atoms with Crippen molar-refractivity contribution in [3.8, 4) is 0 Å². The lowest BCUT2D eigenvalue weighted by atomic mass is 10.1. The molecule has 0 aliphatic rings. The van der Waals surface area contributed by atoms with Gasteiger partial charge in [0.2, 0.25) is 0 Å². The van der Waals surface area contributed by atoms with Crippen LogP contribution in [0.25, 0.3) is 0 Å². The van der Waals surface area contributed by atoms with Crippen LogP contribution in [0.2, 0.25) is 0 Å². The monoisotopic (exact) mass is 463 g/mol. The van der Waals surface area contributed by atoms with Gasteiger partial charge in [-0.15, -0.1) is 24.0 Å². The highest BCUT2D eigenvalue weighted by molar-refractivity contribution is 14.0.